The molecule has 2 aromatic rings. The van der Waals surface area contributed by atoms with Gasteiger partial charge in [0, 0.05) is 5.56 Å². The number of hydrogen-bond donors (Lipinski definition) is 1. The van der Waals surface area contributed by atoms with E-state index < -0.39 is 23.2 Å². The molecule has 4 heteroatoms. The van der Waals surface area contributed by atoms with Crippen LogP contribution in [0.25, 0.3) is 11.1 Å². The highest BCUT2D eigenvalue weighted by Gasteiger charge is 2.16. The summed E-state index contributed by atoms with van der Waals surface area (Å²) in [6.07, 6.45) is 0. The molecular formula is C14H10F2O2. The molecule has 1 N–H and O–H groups in total. The van der Waals surface area contributed by atoms with E-state index >= 15 is 0 Å². The Morgan fingerprint density at radius 2 is 1.72 bits per heavy atom. The number of carbonyl (C=O) groups is 1. The van der Waals surface area contributed by atoms with Crippen LogP contribution in [0.4, 0.5) is 8.78 Å². The summed E-state index contributed by atoms with van der Waals surface area (Å²) in [6, 6.07) is 8.56. The molecule has 0 heterocycles. The van der Waals surface area contributed by atoms with Crippen LogP contribution < -0.4 is 0 Å². The quantitative estimate of drug-likeness (QED) is 0.880. The van der Waals surface area contributed by atoms with Crippen molar-refractivity contribution >= 4 is 5.97 Å². The van der Waals surface area contributed by atoms with Gasteiger partial charge in [-0.2, -0.15) is 0 Å². The van der Waals surface area contributed by atoms with Gasteiger partial charge in [0.15, 0.2) is 0 Å². The molecule has 0 atom stereocenters. The van der Waals surface area contributed by atoms with E-state index in [-0.39, 0.29) is 5.56 Å². The van der Waals surface area contributed by atoms with E-state index in [4.69, 9.17) is 5.11 Å². The summed E-state index contributed by atoms with van der Waals surface area (Å²) < 4.78 is 27.4. The van der Waals surface area contributed by atoms with Gasteiger partial charge in [-0.3, -0.25) is 0 Å². The largest absolute Gasteiger partial charge is 0.478 e. The molecule has 2 nitrogen and oxygen atoms in total. The number of aryl methyl sites for hydroxylation is 1. The normalized spacial score (nSPS) is 10.4. The molecule has 2 rings (SSSR count). The molecule has 2 aromatic carbocycles. The second kappa shape index (κ2) is 4.56. The molecule has 0 aromatic heterocycles. The van der Waals surface area contributed by atoms with Crippen molar-refractivity contribution in [1.82, 2.24) is 0 Å². The van der Waals surface area contributed by atoms with Crippen molar-refractivity contribution in [3.8, 4) is 11.1 Å². The third-order valence-electron chi connectivity index (χ3n) is 2.72. The molecule has 92 valence electrons. The Hall–Kier alpha value is -2.23. The summed E-state index contributed by atoms with van der Waals surface area (Å²) in [5.74, 6) is -3.17. The second-order valence-corrected chi connectivity index (χ2v) is 3.93. The molecule has 0 fully saturated rings. The topological polar surface area (TPSA) is 37.3 Å². The SMILES string of the molecule is Cc1ccccc1-c1cc(F)c(C(=O)O)cc1F. The maximum atomic E-state index is 13.8. The van der Waals surface area contributed by atoms with Crippen molar-refractivity contribution < 1.29 is 18.7 Å². The smallest absolute Gasteiger partial charge is 0.338 e. The standard InChI is InChI=1S/C14H10F2O2/c1-8-4-2-3-5-9(8)10-6-13(16)11(14(17)18)7-12(10)15/h2-7H,1H3,(H,17,18). The van der Waals surface area contributed by atoms with Crippen LogP contribution in [0.2, 0.25) is 0 Å². The van der Waals surface area contributed by atoms with Crippen molar-refractivity contribution in [2.75, 3.05) is 0 Å². The number of benzene rings is 2. The summed E-state index contributed by atoms with van der Waals surface area (Å²) in [6.45, 7) is 1.78. The summed E-state index contributed by atoms with van der Waals surface area (Å²) in [7, 11) is 0. The van der Waals surface area contributed by atoms with Gasteiger partial charge in [-0.05, 0) is 30.2 Å². The van der Waals surface area contributed by atoms with Crippen LogP contribution in [-0.4, -0.2) is 11.1 Å². The van der Waals surface area contributed by atoms with Crippen molar-refractivity contribution in [3.63, 3.8) is 0 Å². The number of rotatable bonds is 2. The highest BCUT2D eigenvalue weighted by molar-refractivity contribution is 5.89. The number of hydrogen-bond acceptors (Lipinski definition) is 1. The fraction of sp³-hybridized carbons (Fsp3) is 0.0714. The predicted octanol–water partition coefficient (Wildman–Crippen LogP) is 3.64. The molecule has 0 saturated carbocycles. The van der Waals surface area contributed by atoms with Gasteiger partial charge in [0.25, 0.3) is 0 Å². The molecule has 18 heavy (non-hydrogen) atoms. The average Bonchev–Trinajstić information content (AvgIpc) is 2.32. The maximum absolute atomic E-state index is 13.8. The molecule has 0 aliphatic carbocycles. The lowest BCUT2D eigenvalue weighted by molar-refractivity contribution is 0.0691. The van der Waals surface area contributed by atoms with Gasteiger partial charge in [0.05, 0.1) is 5.56 Å². The van der Waals surface area contributed by atoms with Crippen molar-refractivity contribution in [3.05, 3.63) is 59.2 Å². The van der Waals surface area contributed by atoms with Gasteiger partial charge >= 0.3 is 5.97 Å². The summed E-state index contributed by atoms with van der Waals surface area (Å²) >= 11 is 0. The van der Waals surface area contributed by atoms with E-state index in [9.17, 15) is 13.6 Å². The Kier molecular flexibility index (Phi) is 3.10. The molecule has 0 amide bonds. The molecule has 0 unspecified atom stereocenters. The highest BCUT2D eigenvalue weighted by Crippen LogP contribution is 2.28. The summed E-state index contributed by atoms with van der Waals surface area (Å²) in [4.78, 5) is 10.7. The van der Waals surface area contributed by atoms with E-state index in [1.165, 1.54) is 0 Å². The van der Waals surface area contributed by atoms with Crippen LogP contribution >= 0.6 is 0 Å². The van der Waals surface area contributed by atoms with Gasteiger partial charge in [0.1, 0.15) is 11.6 Å². The van der Waals surface area contributed by atoms with Gasteiger partial charge in [-0.15, -0.1) is 0 Å². The Balaban J connectivity index is 2.64. The van der Waals surface area contributed by atoms with E-state index in [0.717, 1.165) is 11.6 Å². The number of carboxylic acid groups (broad SMARTS) is 1. The van der Waals surface area contributed by atoms with Gasteiger partial charge in [0.2, 0.25) is 0 Å². The Morgan fingerprint density at radius 3 is 2.33 bits per heavy atom. The Morgan fingerprint density at radius 1 is 1.06 bits per heavy atom. The third-order valence-corrected chi connectivity index (χ3v) is 2.72. The first-order valence-corrected chi connectivity index (χ1v) is 5.29. The first-order valence-electron chi connectivity index (χ1n) is 5.29. The van der Waals surface area contributed by atoms with E-state index in [1.54, 1.807) is 31.2 Å². The fourth-order valence-electron chi connectivity index (χ4n) is 1.79. The van der Waals surface area contributed by atoms with Crippen LogP contribution in [0, 0.1) is 18.6 Å². The lowest BCUT2D eigenvalue weighted by atomic mass is 9.98. The summed E-state index contributed by atoms with van der Waals surface area (Å²) in [5.41, 5.74) is 0.741. The van der Waals surface area contributed by atoms with Crippen molar-refractivity contribution in [2.45, 2.75) is 6.92 Å². The maximum Gasteiger partial charge on any atom is 0.338 e. The third kappa shape index (κ3) is 2.09. The van der Waals surface area contributed by atoms with Crippen molar-refractivity contribution in [2.24, 2.45) is 0 Å². The number of halogens is 2. The van der Waals surface area contributed by atoms with E-state index in [1.807, 2.05) is 0 Å². The van der Waals surface area contributed by atoms with E-state index in [2.05, 4.69) is 0 Å². The molecule has 0 bridgehead atoms. The van der Waals surface area contributed by atoms with Crippen LogP contribution in [0.15, 0.2) is 36.4 Å². The highest BCUT2D eigenvalue weighted by atomic mass is 19.1. The number of aromatic carboxylic acids is 1. The molecule has 0 saturated heterocycles. The minimum absolute atomic E-state index is 0.0654. The number of carboxylic acids is 1. The zero-order valence-electron chi connectivity index (χ0n) is 9.58. The van der Waals surface area contributed by atoms with Crippen molar-refractivity contribution in [1.29, 1.82) is 0 Å². The molecule has 0 aliphatic heterocycles. The van der Waals surface area contributed by atoms with Crippen LogP contribution in [0.5, 0.6) is 0 Å². The van der Waals surface area contributed by atoms with Gasteiger partial charge in [-0.25, -0.2) is 13.6 Å². The fourth-order valence-corrected chi connectivity index (χ4v) is 1.79. The Bertz CT molecular complexity index is 621. The first-order chi connectivity index (χ1) is 8.50. The minimum atomic E-state index is -1.48. The second-order valence-electron chi connectivity index (χ2n) is 3.93. The zero-order chi connectivity index (χ0) is 13.3. The minimum Gasteiger partial charge on any atom is -0.478 e. The summed E-state index contributed by atoms with van der Waals surface area (Å²) in [5, 5.41) is 8.70. The van der Waals surface area contributed by atoms with Crippen LogP contribution in [-0.2, 0) is 0 Å². The average molecular weight is 248 g/mol. The van der Waals surface area contributed by atoms with Gasteiger partial charge < -0.3 is 5.11 Å². The lowest BCUT2D eigenvalue weighted by Crippen LogP contribution is -2.02. The molecule has 0 aliphatic rings. The monoisotopic (exact) mass is 248 g/mol. The molecule has 0 spiro atoms. The Labute approximate surface area is 103 Å². The predicted molar refractivity (Wildman–Crippen MR) is 63.5 cm³/mol. The zero-order valence-corrected chi connectivity index (χ0v) is 9.58. The molecular weight excluding hydrogens is 238 g/mol. The molecule has 0 radical (unpaired) electrons. The van der Waals surface area contributed by atoms with E-state index in [0.29, 0.717) is 11.6 Å². The first kappa shape index (κ1) is 12.2. The van der Waals surface area contributed by atoms with Crippen LogP contribution in [0.1, 0.15) is 15.9 Å². The van der Waals surface area contributed by atoms with Crippen LogP contribution in [0.3, 0.4) is 0 Å². The van der Waals surface area contributed by atoms with Gasteiger partial charge in [-0.1, -0.05) is 24.3 Å². The lowest BCUT2D eigenvalue weighted by Gasteiger charge is -2.08.